The second-order valence-corrected chi connectivity index (χ2v) is 2.87. The van der Waals surface area contributed by atoms with Crippen molar-refractivity contribution in [3.8, 4) is 0 Å². The lowest BCUT2D eigenvalue weighted by molar-refractivity contribution is 0.0624. The Hall–Kier alpha value is -0.320. The fourth-order valence-electron chi connectivity index (χ4n) is 0.746. The SMILES string of the molecule is CCCN1N=CN(F)C1Br. The molecule has 0 spiro atoms. The molecule has 0 aliphatic carbocycles. The molecular formula is C5H9BrFN3. The second kappa shape index (κ2) is 3.18. The van der Waals surface area contributed by atoms with E-state index in [4.69, 9.17) is 0 Å². The van der Waals surface area contributed by atoms with E-state index in [0.717, 1.165) is 19.3 Å². The van der Waals surface area contributed by atoms with Crippen LogP contribution < -0.4 is 0 Å². The van der Waals surface area contributed by atoms with Crippen LogP contribution >= 0.6 is 15.9 Å². The molecule has 0 N–H and O–H groups in total. The van der Waals surface area contributed by atoms with Crippen molar-refractivity contribution in [1.29, 1.82) is 0 Å². The highest BCUT2D eigenvalue weighted by atomic mass is 79.9. The van der Waals surface area contributed by atoms with E-state index in [-0.39, 0.29) is 0 Å². The largest absolute Gasteiger partial charge is 0.260 e. The zero-order valence-corrected chi connectivity index (χ0v) is 7.25. The summed E-state index contributed by atoms with van der Waals surface area (Å²) in [6, 6.07) is 0. The lowest BCUT2D eigenvalue weighted by atomic mass is 10.5. The molecule has 1 atom stereocenters. The van der Waals surface area contributed by atoms with E-state index in [1.165, 1.54) is 0 Å². The summed E-state index contributed by atoms with van der Waals surface area (Å²) in [5, 5.41) is 5.55. The van der Waals surface area contributed by atoms with Gasteiger partial charge in [0.1, 0.15) is 6.34 Å². The third-order valence-electron chi connectivity index (χ3n) is 1.21. The Morgan fingerprint density at radius 3 is 2.90 bits per heavy atom. The molecule has 0 saturated carbocycles. The molecule has 58 valence electrons. The lowest BCUT2D eigenvalue weighted by Crippen LogP contribution is -2.29. The van der Waals surface area contributed by atoms with Crippen LogP contribution in [0.15, 0.2) is 5.10 Å². The quantitative estimate of drug-likeness (QED) is 0.391. The molecule has 0 radical (unpaired) electrons. The zero-order valence-electron chi connectivity index (χ0n) is 5.67. The van der Waals surface area contributed by atoms with Gasteiger partial charge in [0.15, 0.2) is 0 Å². The second-order valence-electron chi connectivity index (χ2n) is 2.05. The van der Waals surface area contributed by atoms with Crippen LogP contribution in [0.3, 0.4) is 0 Å². The van der Waals surface area contributed by atoms with E-state index in [2.05, 4.69) is 21.0 Å². The van der Waals surface area contributed by atoms with E-state index in [9.17, 15) is 4.48 Å². The minimum atomic E-state index is -0.410. The van der Waals surface area contributed by atoms with Crippen molar-refractivity contribution < 1.29 is 4.48 Å². The van der Waals surface area contributed by atoms with Crippen LogP contribution in [-0.4, -0.2) is 28.1 Å². The predicted molar refractivity (Wildman–Crippen MR) is 41.2 cm³/mol. The molecule has 1 heterocycles. The first-order valence-corrected chi connectivity index (χ1v) is 4.06. The fraction of sp³-hybridized carbons (Fsp3) is 0.800. The van der Waals surface area contributed by atoms with Crippen molar-refractivity contribution in [3.05, 3.63) is 0 Å². The van der Waals surface area contributed by atoms with Crippen molar-refractivity contribution in [2.24, 2.45) is 5.10 Å². The van der Waals surface area contributed by atoms with Crippen LogP contribution in [0.1, 0.15) is 13.3 Å². The Labute approximate surface area is 67.5 Å². The Balaban J connectivity index is 2.41. The van der Waals surface area contributed by atoms with Crippen LogP contribution in [0.2, 0.25) is 0 Å². The smallest absolute Gasteiger partial charge is 0.204 e. The minimum Gasteiger partial charge on any atom is -0.260 e. The van der Waals surface area contributed by atoms with E-state index in [1.807, 2.05) is 6.92 Å². The maximum absolute atomic E-state index is 12.5. The highest BCUT2D eigenvalue weighted by molar-refractivity contribution is 9.09. The average Bonchev–Trinajstić information content (AvgIpc) is 2.20. The molecule has 1 rings (SSSR count). The molecule has 1 aliphatic rings. The van der Waals surface area contributed by atoms with Gasteiger partial charge >= 0.3 is 0 Å². The molecule has 5 heteroatoms. The Morgan fingerprint density at radius 1 is 1.80 bits per heavy atom. The van der Waals surface area contributed by atoms with Gasteiger partial charge in [0, 0.05) is 6.54 Å². The van der Waals surface area contributed by atoms with Crippen molar-refractivity contribution in [2.45, 2.75) is 18.4 Å². The number of hydrogen-bond donors (Lipinski definition) is 0. The van der Waals surface area contributed by atoms with Crippen LogP contribution in [0.4, 0.5) is 4.48 Å². The first-order chi connectivity index (χ1) is 4.75. The molecule has 0 aromatic carbocycles. The van der Waals surface area contributed by atoms with Gasteiger partial charge < -0.3 is 0 Å². The number of nitrogens with zero attached hydrogens (tertiary/aromatic N) is 3. The van der Waals surface area contributed by atoms with Crippen LogP contribution in [-0.2, 0) is 0 Å². The van der Waals surface area contributed by atoms with Crippen molar-refractivity contribution in [3.63, 3.8) is 0 Å². The molecule has 3 nitrogen and oxygen atoms in total. The number of rotatable bonds is 2. The summed E-state index contributed by atoms with van der Waals surface area (Å²) < 4.78 is 12.5. The van der Waals surface area contributed by atoms with Gasteiger partial charge in [0.25, 0.3) is 0 Å². The highest BCUT2D eigenvalue weighted by Gasteiger charge is 2.23. The van der Waals surface area contributed by atoms with E-state index in [1.54, 1.807) is 5.01 Å². The van der Waals surface area contributed by atoms with Gasteiger partial charge in [-0.05, 0) is 22.4 Å². The normalized spacial score (nSPS) is 24.5. The molecule has 10 heavy (non-hydrogen) atoms. The molecule has 1 unspecified atom stereocenters. The maximum Gasteiger partial charge on any atom is 0.204 e. The minimum absolute atomic E-state index is 0.410. The molecule has 0 saturated heterocycles. The van der Waals surface area contributed by atoms with Crippen LogP contribution in [0.25, 0.3) is 0 Å². The third-order valence-corrected chi connectivity index (χ3v) is 2.08. The monoisotopic (exact) mass is 209 g/mol. The standard InChI is InChI=1S/C5H9BrFN3/c1-2-3-10-5(6)9(7)4-8-10/h4-5H,2-3H2,1H3. The summed E-state index contributed by atoms with van der Waals surface area (Å²) in [7, 11) is 0. The number of hydrogen-bond acceptors (Lipinski definition) is 3. The summed E-state index contributed by atoms with van der Waals surface area (Å²) >= 11 is 3.12. The molecular weight excluding hydrogens is 201 g/mol. The fourth-order valence-corrected chi connectivity index (χ4v) is 1.16. The average molecular weight is 210 g/mol. The molecule has 0 amide bonds. The highest BCUT2D eigenvalue weighted by Crippen LogP contribution is 2.17. The van der Waals surface area contributed by atoms with E-state index < -0.39 is 5.08 Å². The Kier molecular flexibility index (Phi) is 2.48. The number of hydrazone groups is 1. The first kappa shape index (κ1) is 7.78. The summed E-state index contributed by atoms with van der Waals surface area (Å²) in [6.07, 6.45) is 2.13. The van der Waals surface area contributed by atoms with Crippen molar-refractivity contribution in [2.75, 3.05) is 6.54 Å². The first-order valence-electron chi connectivity index (χ1n) is 3.14. The van der Waals surface area contributed by atoms with Crippen LogP contribution in [0.5, 0.6) is 0 Å². The maximum atomic E-state index is 12.5. The molecule has 0 aromatic rings. The van der Waals surface area contributed by atoms with Crippen LogP contribution in [0, 0.1) is 0 Å². The number of halogens is 2. The van der Waals surface area contributed by atoms with Gasteiger partial charge in [0.2, 0.25) is 5.08 Å². The summed E-state index contributed by atoms with van der Waals surface area (Å²) in [5.74, 6) is 0. The summed E-state index contributed by atoms with van der Waals surface area (Å²) in [6.45, 7) is 2.79. The Morgan fingerprint density at radius 2 is 2.50 bits per heavy atom. The van der Waals surface area contributed by atoms with E-state index in [0.29, 0.717) is 5.12 Å². The Bertz CT molecular complexity index is 141. The molecule has 0 bridgehead atoms. The summed E-state index contributed by atoms with van der Waals surface area (Å²) in [4.78, 5) is 0. The summed E-state index contributed by atoms with van der Waals surface area (Å²) in [5.41, 5.74) is 0. The van der Waals surface area contributed by atoms with Gasteiger partial charge in [-0.25, -0.2) is 0 Å². The third kappa shape index (κ3) is 1.39. The topological polar surface area (TPSA) is 18.8 Å². The van der Waals surface area contributed by atoms with Gasteiger partial charge in [0.05, 0.1) is 0 Å². The van der Waals surface area contributed by atoms with Crippen molar-refractivity contribution >= 4 is 22.3 Å². The predicted octanol–water partition coefficient (Wildman–Crippen LogP) is 1.52. The van der Waals surface area contributed by atoms with Gasteiger partial charge in [-0.3, -0.25) is 5.01 Å². The van der Waals surface area contributed by atoms with Gasteiger partial charge in [-0.1, -0.05) is 11.4 Å². The van der Waals surface area contributed by atoms with E-state index >= 15 is 0 Å². The lowest BCUT2D eigenvalue weighted by Gasteiger charge is -2.18. The van der Waals surface area contributed by atoms with Gasteiger partial charge in [-0.15, -0.1) is 0 Å². The number of alkyl halides is 1. The van der Waals surface area contributed by atoms with Gasteiger partial charge in [-0.2, -0.15) is 10.2 Å². The molecule has 1 aliphatic heterocycles. The molecule has 0 aromatic heterocycles. The zero-order chi connectivity index (χ0) is 7.56. The molecule has 0 fully saturated rings. The van der Waals surface area contributed by atoms with Crippen molar-refractivity contribution in [1.82, 2.24) is 10.1 Å².